The van der Waals surface area contributed by atoms with Crippen molar-refractivity contribution in [3.05, 3.63) is 65.5 Å². The van der Waals surface area contributed by atoms with Crippen LogP contribution in [0.1, 0.15) is 41.4 Å². The van der Waals surface area contributed by atoms with Gasteiger partial charge >= 0.3 is 0 Å². The zero-order chi connectivity index (χ0) is 18.5. The molecule has 2 aromatic rings. The zero-order valence-corrected chi connectivity index (χ0v) is 15.4. The summed E-state index contributed by atoms with van der Waals surface area (Å²) in [6, 6.07) is 13.6. The number of rotatable bonds is 4. The first-order chi connectivity index (χ1) is 12.6. The zero-order valence-electron chi connectivity index (χ0n) is 15.4. The van der Waals surface area contributed by atoms with Crippen molar-refractivity contribution in [3.63, 3.8) is 0 Å². The molecule has 1 aliphatic rings. The molecular formula is C21H25N3O2. The van der Waals surface area contributed by atoms with Crippen LogP contribution in [0.25, 0.3) is 0 Å². The molecule has 0 aliphatic carbocycles. The number of amides is 2. The first kappa shape index (κ1) is 18.1. The van der Waals surface area contributed by atoms with E-state index in [2.05, 4.69) is 11.9 Å². The summed E-state index contributed by atoms with van der Waals surface area (Å²) < 4.78 is 0. The van der Waals surface area contributed by atoms with E-state index >= 15 is 0 Å². The number of hydrogen-bond acceptors (Lipinski definition) is 3. The maximum Gasteiger partial charge on any atom is 0.255 e. The van der Waals surface area contributed by atoms with Gasteiger partial charge in [0.25, 0.3) is 5.91 Å². The highest BCUT2D eigenvalue weighted by atomic mass is 16.2. The fourth-order valence-electron chi connectivity index (χ4n) is 3.43. The van der Waals surface area contributed by atoms with Gasteiger partial charge in [-0.05, 0) is 31.0 Å². The van der Waals surface area contributed by atoms with E-state index in [9.17, 15) is 9.59 Å². The SMILES string of the molecule is CCC1CN(C(=O)c2cccnc2C)CCC(=O)N1Cc1ccccc1. The molecule has 0 bridgehead atoms. The summed E-state index contributed by atoms with van der Waals surface area (Å²) in [7, 11) is 0. The fraction of sp³-hybridized carbons (Fsp3) is 0.381. The van der Waals surface area contributed by atoms with Crippen LogP contribution in [0, 0.1) is 6.92 Å². The smallest absolute Gasteiger partial charge is 0.255 e. The molecule has 1 aromatic carbocycles. The lowest BCUT2D eigenvalue weighted by molar-refractivity contribution is -0.133. The summed E-state index contributed by atoms with van der Waals surface area (Å²) in [4.78, 5) is 33.7. The van der Waals surface area contributed by atoms with Crippen LogP contribution in [0.5, 0.6) is 0 Å². The molecule has 0 saturated carbocycles. The molecule has 136 valence electrons. The van der Waals surface area contributed by atoms with E-state index in [1.54, 1.807) is 23.2 Å². The Morgan fingerprint density at radius 1 is 1.19 bits per heavy atom. The van der Waals surface area contributed by atoms with Crippen LogP contribution in [0.4, 0.5) is 0 Å². The Kier molecular flexibility index (Phi) is 5.66. The highest BCUT2D eigenvalue weighted by molar-refractivity contribution is 5.95. The monoisotopic (exact) mass is 351 g/mol. The third-order valence-corrected chi connectivity index (χ3v) is 4.98. The van der Waals surface area contributed by atoms with Crippen LogP contribution in [0.3, 0.4) is 0 Å². The minimum absolute atomic E-state index is 0.0196. The van der Waals surface area contributed by atoms with Crippen molar-refractivity contribution < 1.29 is 9.59 Å². The van der Waals surface area contributed by atoms with Crippen molar-refractivity contribution in [1.82, 2.24) is 14.8 Å². The Hall–Kier alpha value is -2.69. The number of nitrogens with zero attached hydrogens (tertiary/aromatic N) is 3. The van der Waals surface area contributed by atoms with Gasteiger partial charge in [0.2, 0.25) is 5.91 Å². The van der Waals surface area contributed by atoms with E-state index in [0.29, 0.717) is 31.6 Å². The van der Waals surface area contributed by atoms with Crippen molar-refractivity contribution in [1.29, 1.82) is 0 Å². The summed E-state index contributed by atoms with van der Waals surface area (Å²) in [5.41, 5.74) is 2.45. The number of hydrogen-bond donors (Lipinski definition) is 0. The summed E-state index contributed by atoms with van der Waals surface area (Å²) in [5, 5.41) is 0. The largest absolute Gasteiger partial charge is 0.336 e. The summed E-state index contributed by atoms with van der Waals surface area (Å²) >= 11 is 0. The molecule has 0 spiro atoms. The number of aromatic nitrogens is 1. The van der Waals surface area contributed by atoms with Gasteiger partial charge in [-0.25, -0.2) is 0 Å². The molecular weight excluding hydrogens is 326 g/mol. The molecule has 1 fully saturated rings. The molecule has 0 N–H and O–H groups in total. The molecule has 5 nitrogen and oxygen atoms in total. The van der Waals surface area contributed by atoms with E-state index in [1.807, 2.05) is 42.2 Å². The first-order valence-corrected chi connectivity index (χ1v) is 9.14. The first-order valence-electron chi connectivity index (χ1n) is 9.14. The molecule has 1 saturated heterocycles. The number of benzene rings is 1. The maximum absolute atomic E-state index is 13.0. The van der Waals surface area contributed by atoms with Crippen LogP contribution in [0.15, 0.2) is 48.7 Å². The maximum atomic E-state index is 13.0. The van der Waals surface area contributed by atoms with Crippen LogP contribution < -0.4 is 0 Å². The van der Waals surface area contributed by atoms with E-state index in [0.717, 1.165) is 17.7 Å². The molecule has 1 aromatic heterocycles. The number of pyridine rings is 1. The van der Waals surface area contributed by atoms with Crippen molar-refractivity contribution in [2.45, 2.75) is 39.3 Å². The van der Waals surface area contributed by atoms with Crippen LogP contribution in [0.2, 0.25) is 0 Å². The van der Waals surface area contributed by atoms with E-state index in [1.165, 1.54) is 0 Å². The van der Waals surface area contributed by atoms with Gasteiger partial charge in [0, 0.05) is 44.0 Å². The van der Waals surface area contributed by atoms with Gasteiger partial charge in [0.05, 0.1) is 5.56 Å². The molecule has 0 radical (unpaired) electrons. The molecule has 1 unspecified atom stereocenters. The average molecular weight is 351 g/mol. The Bertz CT molecular complexity index is 776. The fourth-order valence-corrected chi connectivity index (χ4v) is 3.43. The van der Waals surface area contributed by atoms with Crippen molar-refractivity contribution in [2.24, 2.45) is 0 Å². The minimum atomic E-state index is -0.0385. The Morgan fingerprint density at radius 2 is 1.96 bits per heavy atom. The predicted octanol–water partition coefficient (Wildman–Crippen LogP) is 3.04. The van der Waals surface area contributed by atoms with Gasteiger partial charge in [0.15, 0.2) is 0 Å². The van der Waals surface area contributed by atoms with Crippen LogP contribution in [-0.2, 0) is 11.3 Å². The summed E-state index contributed by atoms with van der Waals surface area (Å²) in [6.45, 7) is 5.51. The number of aryl methyl sites for hydroxylation is 1. The van der Waals surface area contributed by atoms with E-state index in [4.69, 9.17) is 0 Å². The Balaban J connectivity index is 1.80. The van der Waals surface area contributed by atoms with Crippen molar-refractivity contribution in [3.8, 4) is 0 Å². The highest BCUT2D eigenvalue weighted by Crippen LogP contribution is 2.20. The quantitative estimate of drug-likeness (QED) is 0.851. The topological polar surface area (TPSA) is 53.5 Å². The third-order valence-electron chi connectivity index (χ3n) is 4.98. The number of carbonyl (C=O) groups is 2. The molecule has 1 aliphatic heterocycles. The summed E-state index contributed by atoms with van der Waals surface area (Å²) in [6.07, 6.45) is 2.86. The van der Waals surface area contributed by atoms with E-state index in [-0.39, 0.29) is 17.9 Å². The lowest BCUT2D eigenvalue weighted by Gasteiger charge is -2.31. The Morgan fingerprint density at radius 3 is 2.65 bits per heavy atom. The van der Waals surface area contributed by atoms with Crippen LogP contribution >= 0.6 is 0 Å². The molecule has 2 heterocycles. The van der Waals surface area contributed by atoms with Crippen molar-refractivity contribution >= 4 is 11.8 Å². The van der Waals surface area contributed by atoms with Gasteiger partial charge in [-0.2, -0.15) is 0 Å². The van der Waals surface area contributed by atoms with Gasteiger partial charge in [-0.3, -0.25) is 14.6 Å². The average Bonchev–Trinajstić information content (AvgIpc) is 2.82. The molecule has 1 atom stereocenters. The van der Waals surface area contributed by atoms with Gasteiger partial charge < -0.3 is 9.80 Å². The summed E-state index contributed by atoms with van der Waals surface area (Å²) in [5.74, 6) is 0.0716. The second-order valence-electron chi connectivity index (χ2n) is 6.71. The second-order valence-corrected chi connectivity index (χ2v) is 6.71. The minimum Gasteiger partial charge on any atom is -0.336 e. The molecule has 26 heavy (non-hydrogen) atoms. The van der Waals surface area contributed by atoms with Gasteiger partial charge in [0.1, 0.15) is 0 Å². The molecule has 2 amide bonds. The second kappa shape index (κ2) is 8.13. The predicted molar refractivity (Wildman–Crippen MR) is 101 cm³/mol. The van der Waals surface area contributed by atoms with Crippen molar-refractivity contribution in [2.75, 3.05) is 13.1 Å². The van der Waals surface area contributed by atoms with Gasteiger partial charge in [-0.1, -0.05) is 37.3 Å². The standard InChI is InChI=1S/C21H25N3O2/c1-3-18-15-23(21(26)19-10-7-12-22-16(19)2)13-11-20(25)24(18)14-17-8-5-4-6-9-17/h4-10,12,18H,3,11,13-15H2,1-2H3. The van der Waals surface area contributed by atoms with E-state index < -0.39 is 0 Å². The highest BCUT2D eigenvalue weighted by Gasteiger charge is 2.31. The molecule has 5 heteroatoms. The lowest BCUT2D eigenvalue weighted by atomic mass is 10.1. The van der Waals surface area contributed by atoms with Gasteiger partial charge in [-0.15, -0.1) is 0 Å². The molecule has 3 rings (SSSR count). The Labute approximate surface area is 154 Å². The van der Waals surface area contributed by atoms with Crippen LogP contribution in [-0.4, -0.2) is 45.7 Å². The normalized spacial score (nSPS) is 17.9. The number of carbonyl (C=O) groups excluding carboxylic acids is 2. The third kappa shape index (κ3) is 3.93. The lowest BCUT2D eigenvalue weighted by Crippen LogP contribution is -2.43.